The Morgan fingerprint density at radius 3 is 2.50 bits per heavy atom. The quantitative estimate of drug-likeness (QED) is 0.511. The minimum Gasteiger partial charge on any atom is -0.510 e. The molecule has 1 atom stereocenters. The molecule has 0 fully saturated rings. The van der Waals surface area contributed by atoms with Gasteiger partial charge in [-0.3, -0.25) is 4.79 Å². The van der Waals surface area contributed by atoms with Gasteiger partial charge in [0.1, 0.15) is 5.76 Å². The second kappa shape index (κ2) is 7.89. The Labute approximate surface area is 149 Å². The Morgan fingerprint density at radius 1 is 1.25 bits per heavy atom. The zero-order chi connectivity index (χ0) is 17.7. The number of aryl methyl sites for hydroxylation is 2. The SMILES string of the molecule is C=CC(C)=CC1(C)SC(=O)C(CCCCc2ccc(C)cc2)=C1O. The van der Waals surface area contributed by atoms with Crippen LogP contribution in [0.1, 0.15) is 44.2 Å². The van der Waals surface area contributed by atoms with Crippen LogP contribution in [-0.2, 0) is 11.2 Å². The van der Waals surface area contributed by atoms with E-state index in [0.29, 0.717) is 12.0 Å². The van der Waals surface area contributed by atoms with Gasteiger partial charge in [-0.25, -0.2) is 0 Å². The summed E-state index contributed by atoms with van der Waals surface area (Å²) in [5.41, 5.74) is 4.13. The van der Waals surface area contributed by atoms with Crippen molar-refractivity contribution >= 4 is 16.9 Å². The van der Waals surface area contributed by atoms with Crippen molar-refractivity contribution in [3.8, 4) is 0 Å². The van der Waals surface area contributed by atoms with E-state index in [4.69, 9.17) is 0 Å². The van der Waals surface area contributed by atoms with Gasteiger partial charge in [0, 0.05) is 5.57 Å². The van der Waals surface area contributed by atoms with Gasteiger partial charge in [-0.2, -0.15) is 0 Å². The second-order valence-corrected chi connectivity index (χ2v) is 8.03. The Bertz CT molecular complexity index is 682. The Hall–Kier alpha value is -1.74. The van der Waals surface area contributed by atoms with Gasteiger partial charge in [-0.15, -0.1) is 0 Å². The van der Waals surface area contributed by atoms with E-state index >= 15 is 0 Å². The van der Waals surface area contributed by atoms with Gasteiger partial charge in [0.2, 0.25) is 5.12 Å². The minimum atomic E-state index is -0.651. The topological polar surface area (TPSA) is 37.3 Å². The number of carbonyl (C=O) groups excluding carboxylic acids is 1. The van der Waals surface area contributed by atoms with Crippen LogP contribution in [0.2, 0.25) is 0 Å². The average molecular weight is 343 g/mol. The van der Waals surface area contributed by atoms with E-state index in [0.717, 1.165) is 24.8 Å². The van der Waals surface area contributed by atoms with E-state index in [-0.39, 0.29) is 10.9 Å². The first kappa shape index (κ1) is 18.6. The van der Waals surface area contributed by atoms with Crippen LogP contribution in [0.15, 0.2) is 59.9 Å². The normalized spacial score (nSPS) is 21.5. The second-order valence-electron chi connectivity index (χ2n) is 6.61. The first-order valence-electron chi connectivity index (χ1n) is 8.39. The predicted molar refractivity (Wildman–Crippen MR) is 103 cm³/mol. The molecule has 1 N–H and O–H groups in total. The largest absolute Gasteiger partial charge is 0.510 e. The number of aliphatic hydroxyl groups is 1. The molecule has 1 heterocycles. The molecule has 1 aromatic rings. The standard InChI is InChI=1S/C21H26O2S/c1-5-15(2)14-21(4)19(22)18(20(23)24-21)9-7-6-8-17-12-10-16(3)11-13-17/h5,10-14,22H,1,6-9H2,2-4H3. The summed E-state index contributed by atoms with van der Waals surface area (Å²) in [6.07, 6.45) is 7.21. The van der Waals surface area contributed by atoms with Crippen molar-refractivity contribution < 1.29 is 9.90 Å². The third-order valence-electron chi connectivity index (χ3n) is 4.40. The molecule has 1 unspecified atom stereocenters. The molecule has 0 aliphatic carbocycles. The lowest BCUT2D eigenvalue weighted by Gasteiger charge is -2.18. The molecule has 0 saturated heterocycles. The fraction of sp³-hybridized carbons (Fsp3) is 0.381. The van der Waals surface area contributed by atoms with E-state index in [1.54, 1.807) is 6.08 Å². The zero-order valence-corrected chi connectivity index (χ0v) is 15.6. The smallest absolute Gasteiger partial charge is 0.220 e. The van der Waals surface area contributed by atoms with Crippen molar-refractivity contribution in [3.05, 3.63) is 71.0 Å². The molecule has 2 rings (SSSR count). The molecular weight excluding hydrogens is 316 g/mol. The molecule has 0 spiro atoms. The zero-order valence-electron chi connectivity index (χ0n) is 14.8. The van der Waals surface area contributed by atoms with E-state index in [1.165, 1.54) is 22.9 Å². The van der Waals surface area contributed by atoms with E-state index < -0.39 is 4.75 Å². The van der Waals surface area contributed by atoms with Gasteiger partial charge >= 0.3 is 0 Å². The highest BCUT2D eigenvalue weighted by Crippen LogP contribution is 2.45. The number of unbranched alkanes of at least 4 members (excludes halogenated alkanes) is 1. The van der Waals surface area contributed by atoms with Gasteiger partial charge < -0.3 is 5.11 Å². The fourth-order valence-corrected chi connectivity index (χ4v) is 4.07. The van der Waals surface area contributed by atoms with E-state index in [1.807, 2.05) is 19.9 Å². The van der Waals surface area contributed by atoms with Crippen molar-refractivity contribution in [2.24, 2.45) is 0 Å². The lowest BCUT2D eigenvalue weighted by Crippen LogP contribution is -2.17. The maximum atomic E-state index is 12.3. The number of benzene rings is 1. The third-order valence-corrected chi connectivity index (χ3v) is 5.56. The Balaban J connectivity index is 1.95. The van der Waals surface area contributed by atoms with Gasteiger partial charge in [0.15, 0.2) is 0 Å². The monoisotopic (exact) mass is 342 g/mol. The first-order valence-corrected chi connectivity index (χ1v) is 9.21. The molecule has 2 nitrogen and oxygen atoms in total. The van der Waals surface area contributed by atoms with Crippen LogP contribution in [0, 0.1) is 6.92 Å². The molecular formula is C21H26O2S. The number of aliphatic hydroxyl groups excluding tert-OH is 1. The summed E-state index contributed by atoms with van der Waals surface area (Å²) in [4.78, 5) is 12.3. The van der Waals surface area contributed by atoms with Crippen molar-refractivity contribution in [2.45, 2.75) is 51.2 Å². The van der Waals surface area contributed by atoms with Crippen molar-refractivity contribution in [3.63, 3.8) is 0 Å². The summed E-state index contributed by atoms with van der Waals surface area (Å²) >= 11 is 1.20. The summed E-state index contributed by atoms with van der Waals surface area (Å²) in [6.45, 7) is 9.63. The van der Waals surface area contributed by atoms with Crippen molar-refractivity contribution in [1.82, 2.24) is 0 Å². The molecule has 1 aromatic carbocycles. The number of hydrogen-bond acceptors (Lipinski definition) is 3. The summed E-state index contributed by atoms with van der Waals surface area (Å²) in [7, 11) is 0. The third kappa shape index (κ3) is 4.41. The lowest BCUT2D eigenvalue weighted by atomic mass is 9.98. The molecule has 1 aliphatic heterocycles. The minimum absolute atomic E-state index is 0.00144. The summed E-state index contributed by atoms with van der Waals surface area (Å²) in [6, 6.07) is 8.56. The maximum absolute atomic E-state index is 12.3. The molecule has 0 radical (unpaired) electrons. The predicted octanol–water partition coefficient (Wildman–Crippen LogP) is 5.68. The number of carbonyl (C=O) groups is 1. The summed E-state index contributed by atoms with van der Waals surface area (Å²) < 4.78 is -0.651. The molecule has 0 bridgehead atoms. The van der Waals surface area contributed by atoms with E-state index in [2.05, 4.69) is 37.8 Å². The number of allylic oxidation sites excluding steroid dienone is 2. The van der Waals surface area contributed by atoms with Gasteiger partial charge in [-0.05, 0) is 52.0 Å². The van der Waals surface area contributed by atoms with Gasteiger partial charge in [0.25, 0.3) is 0 Å². The van der Waals surface area contributed by atoms with Crippen LogP contribution >= 0.6 is 11.8 Å². The number of rotatable bonds is 7. The van der Waals surface area contributed by atoms with Gasteiger partial charge in [-0.1, -0.05) is 65.9 Å². The summed E-state index contributed by atoms with van der Waals surface area (Å²) in [5.74, 6) is 0.217. The summed E-state index contributed by atoms with van der Waals surface area (Å²) in [5, 5.41) is 10.5. The molecule has 128 valence electrons. The van der Waals surface area contributed by atoms with Crippen LogP contribution in [0.4, 0.5) is 0 Å². The Morgan fingerprint density at radius 2 is 1.88 bits per heavy atom. The number of thioether (sulfide) groups is 1. The highest BCUT2D eigenvalue weighted by atomic mass is 32.2. The van der Waals surface area contributed by atoms with Crippen LogP contribution in [-0.4, -0.2) is 15.0 Å². The van der Waals surface area contributed by atoms with Crippen LogP contribution in [0.5, 0.6) is 0 Å². The van der Waals surface area contributed by atoms with Gasteiger partial charge in [0.05, 0.1) is 4.75 Å². The molecule has 0 amide bonds. The fourth-order valence-electron chi connectivity index (χ4n) is 2.90. The van der Waals surface area contributed by atoms with Crippen LogP contribution in [0.3, 0.4) is 0 Å². The van der Waals surface area contributed by atoms with Crippen molar-refractivity contribution in [1.29, 1.82) is 0 Å². The molecule has 0 aromatic heterocycles. The van der Waals surface area contributed by atoms with Crippen LogP contribution < -0.4 is 0 Å². The lowest BCUT2D eigenvalue weighted by molar-refractivity contribution is -0.108. The Kier molecular flexibility index (Phi) is 6.11. The molecule has 3 heteroatoms. The highest BCUT2D eigenvalue weighted by Gasteiger charge is 2.41. The first-order chi connectivity index (χ1) is 11.4. The average Bonchev–Trinajstić information content (AvgIpc) is 2.75. The van der Waals surface area contributed by atoms with Crippen LogP contribution in [0.25, 0.3) is 0 Å². The molecule has 1 aliphatic rings. The number of hydrogen-bond donors (Lipinski definition) is 1. The van der Waals surface area contributed by atoms with E-state index in [9.17, 15) is 9.90 Å². The molecule has 24 heavy (non-hydrogen) atoms. The molecule has 0 saturated carbocycles. The maximum Gasteiger partial charge on any atom is 0.220 e. The van der Waals surface area contributed by atoms with Crippen molar-refractivity contribution in [2.75, 3.05) is 0 Å². The highest BCUT2D eigenvalue weighted by molar-refractivity contribution is 8.16.